The van der Waals surface area contributed by atoms with Crippen LogP contribution in [0.4, 0.5) is 8.78 Å². The predicted molar refractivity (Wildman–Crippen MR) is 81.8 cm³/mol. The molecule has 3 rings (SSSR count). The van der Waals surface area contributed by atoms with Gasteiger partial charge in [-0.25, -0.2) is 8.78 Å². The van der Waals surface area contributed by atoms with E-state index < -0.39 is 11.6 Å². The Kier molecular flexibility index (Phi) is 3.69. The fourth-order valence-electron chi connectivity index (χ4n) is 1.98. The summed E-state index contributed by atoms with van der Waals surface area (Å²) in [7, 11) is 0. The van der Waals surface area contributed by atoms with Crippen LogP contribution in [0.1, 0.15) is 0 Å². The minimum absolute atomic E-state index is 0.00769. The van der Waals surface area contributed by atoms with E-state index in [9.17, 15) is 8.78 Å². The lowest BCUT2D eigenvalue weighted by Crippen LogP contribution is -2.02. The minimum atomic E-state index is -0.599. The average molecular weight is 368 g/mol. The van der Waals surface area contributed by atoms with E-state index in [1.807, 2.05) is 30.3 Å². The number of nitrogens with one attached hydrogen (secondary N) is 1. The van der Waals surface area contributed by atoms with E-state index in [0.717, 1.165) is 17.7 Å². The third kappa shape index (κ3) is 2.54. The van der Waals surface area contributed by atoms with Crippen LogP contribution in [-0.2, 0) is 0 Å². The van der Waals surface area contributed by atoms with Gasteiger partial charge in [-0.05, 0) is 34.2 Å². The van der Waals surface area contributed by atoms with Crippen molar-refractivity contribution in [3.05, 3.63) is 63.3 Å². The number of nitrogens with zero attached hydrogens (tertiary/aromatic N) is 2. The van der Waals surface area contributed by atoms with Crippen molar-refractivity contribution >= 4 is 28.1 Å². The molecule has 0 saturated heterocycles. The van der Waals surface area contributed by atoms with Crippen LogP contribution < -0.4 is 0 Å². The average Bonchev–Trinajstić information content (AvgIpc) is 2.85. The molecule has 3 aromatic rings. The molecule has 0 saturated carbocycles. The van der Waals surface area contributed by atoms with Crippen molar-refractivity contribution in [2.75, 3.05) is 0 Å². The Hall–Kier alpha value is -1.86. The molecular weight excluding hydrogens is 360 g/mol. The Balaban J connectivity index is 2.27. The van der Waals surface area contributed by atoms with E-state index in [1.165, 1.54) is 4.57 Å². The highest BCUT2D eigenvalue weighted by molar-refractivity contribution is 9.10. The molecule has 0 radical (unpaired) electrons. The Morgan fingerprint density at radius 2 is 1.81 bits per heavy atom. The number of hydrogen-bond acceptors (Lipinski definition) is 2. The Morgan fingerprint density at radius 3 is 2.52 bits per heavy atom. The van der Waals surface area contributed by atoms with Gasteiger partial charge in [-0.15, -0.1) is 0 Å². The minimum Gasteiger partial charge on any atom is -0.265 e. The van der Waals surface area contributed by atoms with Crippen molar-refractivity contribution in [3.8, 4) is 17.1 Å². The van der Waals surface area contributed by atoms with Gasteiger partial charge in [-0.2, -0.15) is 5.10 Å². The maximum absolute atomic E-state index is 14.2. The fourth-order valence-corrected chi connectivity index (χ4v) is 2.53. The van der Waals surface area contributed by atoms with Gasteiger partial charge in [0.15, 0.2) is 10.6 Å². The lowest BCUT2D eigenvalue weighted by atomic mass is 10.2. The maximum Gasteiger partial charge on any atom is 0.200 e. The number of hydrogen-bond donors (Lipinski definition) is 1. The van der Waals surface area contributed by atoms with E-state index in [4.69, 9.17) is 12.2 Å². The number of H-pyrrole nitrogens is 1. The number of aromatic amines is 1. The fraction of sp³-hybridized carbons (Fsp3) is 0. The zero-order valence-electron chi connectivity index (χ0n) is 10.5. The molecule has 21 heavy (non-hydrogen) atoms. The Morgan fingerprint density at radius 1 is 1.10 bits per heavy atom. The van der Waals surface area contributed by atoms with E-state index in [2.05, 4.69) is 26.1 Å². The summed E-state index contributed by atoms with van der Waals surface area (Å²) >= 11 is 8.09. The molecule has 0 aliphatic carbocycles. The Labute approximate surface area is 132 Å². The molecule has 0 aliphatic heterocycles. The SMILES string of the molecule is Fc1cc(-n2c(-c3ccccc3)n[nH]c2=S)c(F)cc1Br. The first-order valence-corrected chi connectivity index (χ1v) is 7.16. The van der Waals surface area contributed by atoms with Crippen LogP contribution in [0.25, 0.3) is 17.1 Å². The first kappa shape index (κ1) is 14.1. The normalized spacial score (nSPS) is 10.8. The van der Waals surface area contributed by atoms with Crippen molar-refractivity contribution < 1.29 is 8.78 Å². The molecule has 1 N–H and O–H groups in total. The predicted octanol–water partition coefficient (Wildman–Crippen LogP) is 4.64. The summed E-state index contributed by atoms with van der Waals surface area (Å²) in [5.41, 5.74) is 0.751. The number of rotatable bonds is 2. The van der Waals surface area contributed by atoms with Gasteiger partial charge in [0.1, 0.15) is 11.6 Å². The van der Waals surface area contributed by atoms with Gasteiger partial charge < -0.3 is 0 Å². The second-order valence-electron chi connectivity index (χ2n) is 4.27. The maximum atomic E-state index is 14.2. The second-order valence-corrected chi connectivity index (χ2v) is 5.51. The quantitative estimate of drug-likeness (QED) is 0.528. The van der Waals surface area contributed by atoms with E-state index >= 15 is 0 Å². The van der Waals surface area contributed by atoms with Crippen LogP contribution in [0.5, 0.6) is 0 Å². The molecule has 0 amide bonds. The first-order chi connectivity index (χ1) is 10.1. The first-order valence-electron chi connectivity index (χ1n) is 5.95. The number of benzene rings is 2. The highest BCUT2D eigenvalue weighted by Crippen LogP contribution is 2.26. The van der Waals surface area contributed by atoms with Crippen LogP contribution in [-0.4, -0.2) is 14.8 Å². The molecule has 1 aromatic heterocycles. The highest BCUT2D eigenvalue weighted by Gasteiger charge is 2.16. The van der Waals surface area contributed by atoms with Crippen molar-refractivity contribution in [1.82, 2.24) is 14.8 Å². The lowest BCUT2D eigenvalue weighted by Gasteiger charge is -2.09. The van der Waals surface area contributed by atoms with Gasteiger partial charge in [-0.1, -0.05) is 30.3 Å². The van der Waals surface area contributed by atoms with Crippen LogP contribution in [0, 0.1) is 16.4 Å². The molecule has 0 spiro atoms. The molecule has 2 aromatic carbocycles. The number of aromatic nitrogens is 3. The monoisotopic (exact) mass is 367 g/mol. The van der Waals surface area contributed by atoms with Crippen molar-refractivity contribution in [2.45, 2.75) is 0 Å². The summed E-state index contributed by atoms with van der Waals surface area (Å²) in [5, 5.41) is 6.71. The van der Waals surface area contributed by atoms with Gasteiger partial charge in [-0.3, -0.25) is 9.67 Å². The molecule has 0 atom stereocenters. The molecule has 3 nitrogen and oxygen atoms in total. The molecule has 106 valence electrons. The van der Waals surface area contributed by atoms with Gasteiger partial charge in [0.05, 0.1) is 10.2 Å². The molecule has 0 fully saturated rings. The highest BCUT2D eigenvalue weighted by atomic mass is 79.9. The van der Waals surface area contributed by atoms with Crippen molar-refractivity contribution in [2.24, 2.45) is 0 Å². The zero-order valence-corrected chi connectivity index (χ0v) is 12.9. The Bertz CT molecular complexity index is 858. The van der Waals surface area contributed by atoms with Crippen molar-refractivity contribution in [3.63, 3.8) is 0 Å². The van der Waals surface area contributed by atoms with E-state index in [-0.39, 0.29) is 14.9 Å². The lowest BCUT2D eigenvalue weighted by molar-refractivity contribution is 0.587. The number of halogens is 3. The molecular formula is C14H8BrF2N3S. The largest absolute Gasteiger partial charge is 0.265 e. The van der Waals surface area contributed by atoms with Crippen LogP contribution in [0.3, 0.4) is 0 Å². The second kappa shape index (κ2) is 5.50. The molecule has 0 aliphatic rings. The standard InChI is InChI=1S/C14H8BrF2N3S/c15-9-6-11(17)12(7-10(9)16)20-13(18-19-14(20)21)8-4-2-1-3-5-8/h1-7H,(H,19,21). The van der Waals surface area contributed by atoms with Crippen LogP contribution in [0.2, 0.25) is 0 Å². The summed E-state index contributed by atoms with van der Waals surface area (Å²) in [4.78, 5) is 0. The van der Waals surface area contributed by atoms with Gasteiger partial charge in [0.2, 0.25) is 0 Å². The summed E-state index contributed by atoms with van der Waals surface area (Å²) < 4.78 is 29.5. The molecule has 1 heterocycles. The summed E-state index contributed by atoms with van der Waals surface area (Å²) in [6, 6.07) is 11.3. The van der Waals surface area contributed by atoms with Crippen molar-refractivity contribution in [1.29, 1.82) is 0 Å². The third-order valence-electron chi connectivity index (χ3n) is 2.93. The van der Waals surface area contributed by atoms with Gasteiger partial charge in [0.25, 0.3) is 0 Å². The van der Waals surface area contributed by atoms with E-state index in [1.54, 1.807) is 0 Å². The topological polar surface area (TPSA) is 33.6 Å². The van der Waals surface area contributed by atoms with Crippen LogP contribution >= 0.6 is 28.1 Å². The van der Waals surface area contributed by atoms with Gasteiger partial charge >= 0.3 is 0 Å². The summed E-state index contributed by atoms with van der Waals surface area (Å²) in [5.74, 6) is -0.757. The zero-order chi connectivity index (χ0) is 15.0. The smallest absolute Gasteiger partial charge is 0.200 e. The van der Waals surface area contributed by atoms with Crippen LogP contribution in [0.15, 0.2) is 46.9 Å². The van der Waals surface area contributed by atoms with E-state index in [0.29, 0.717) is 5.82 Å². The summed E-state index contributed by atoms with van der Waals surface area (Å²) in [6.07, 6.45) is 0. The third-order valence-corrected chi connectivity index (χ3v) is 3.82. The molecule has 7 heteroatoms. The molecule has 0 unspecified atom stereocenters. The molecule has 0 bridgehead atoms. The summed E-state index contributed by atoms with van der Waals surface area (Å²) in [6.45, 7) is 0. The van der Waals surface area contributed by atoms with Gasteiger partial charge in [0, 0.05) is 11.6 Å².